The van der Waals surface area contributed by atoms with Gasteiger partial charge in [0.05, 0.1) is 11.2 Å². The number of carbonyl (C=O) groups excluding carboxylic acids is 1. The zero-order valence-electron chi connectivity index (χ0n) is 11.4. The molecule has 0 atom stereocenters. The second-order valence-electron chi connectivity index (χ2n) is 4.51. The maximum absolute atomic E-state index is 12.2. The van der Waals surface area contributed by atoms with Crippen LogP contribution < -0.4 is 5.32 Å². The number of halogens is 1. The van der Waals surface area contributed by atoms with Crippen LogP contribution in [0.15, 0.2) is 47.2 Å². The van der Waals surface area contributed by atoms with Gasteiger partial charge in [-0.3, -0.25) is 14.5 Å². The average Bonchev–Trinajstić information content (AvgIpc) is 2.99. The summed E-state index contributed by atoms with van der Waals surface area (Å²) >= 11 is 3.49. The van der Waals surface area contributed by atoms with Crippen LogP contribution in [-0.2, 0) is 6.54 Å². The topological polar surface area (TPSA) is 59.8 Å². The number of aryl methyl sites for hydroxylation is 1. The van der Waals surface area contributed by atoms with Crippen molar-refractivity contribution in [3.63, 3.8) is 0 Å². The molecule has 3 rings (SSSR count). The molecule has 5 nitrogen and oxygen atoms in total. The number of nitrogens with zero attached hydrogens (tertiary/aromatic N) is 3. The summed E-state index contributed by atoms with van der Waals surface area (Å²) in [6.45, 7) is 2.71. The Bertz CT molecular complexity index is 812. The third-order valence-electron chi connectivity index (χ3n) is 3.16. The molecule has 0 unspecified atom stereocenters. The minimum Gasteiger partial charge on any atom is -0.319 e. The zero-order chi connectivity index (χ0) is 14.8. The molecule has 2 heterocycles. The number of carbonyl (C=O) groups is 1. The second-order valence-corrected chi connectivity index (χ2v) is 5.36. The van der Waals surface area contributed by atoms with E-state index in [9.17, 15) is 4.79 Å². The fourth-order valence-electron chi connectivity index (χ4n) is 2.08. The predicted octanol–water partition coefficient (Wildman–Crippen LogP) is 3.47. The summed E-state index contributed by atoms with van der Waals surface area (Å²) in [5.74, 6) is -0.239. The SMILES string of the molecule is CCn1ccc(C(=O)Nc2ccc(Br)c3cccnc23)n1. The van der Waals surface area contributed by atoms with Gasteiger partial charge in [0, 0.05) is 28.8 Å². The minimum absolute atomic E-state index is 0.239. The van der Waals surface area contributed by atoms with Crippen LogP contribution in [0.4, 0.5) is 5.69 Å². The number of nitrogens with one attached hydrogen (secondary N) is 1. The summed E-state index contributed by atoms with van der Waals surface area (Å²) in [7, 11) is 0. The fourth-order valence-corrected chi connectivity index (χ4v) is 2.54. The number of fused-ring (bicyclic) bond motifs is 1. The van der Waals surface area contributed by atoms with Crippen LogP contribution in [0, 0.1) is 0 Å². The van der Waals surface area contributed by atoms with Gasteiger partial charge in [0.15, 0.2) is 5.69 Å². The van der Waals surface area contributed by atoms with Gasteiger partial charge < -0.3 is 5.32 Å². The highest BCUT2D eigenvalue weighted by molar-refractivity contribution is 9.10. The van der Waals surface area contributed by atoms with Crippen LogP contribution in [-0.4, -0.2) is 20.7 Å². The molecular weight excluding hydrogens is 332 g/mol. The highest BCUT2D eigenvalue weighted by Gasteiger charge is 2.12. The van der Waals surface area contributed by atoms with Crippen LogP contribution in [0.5, 0.6) is 0 Å². The summed E-state index contributed by atoms with van der Waals surface area (Å²) in [5, 5.41) is 8.02. The summed E-state index contributed by atoms with van der Waals surface area (Å²) in [6.07, 6.45) is 3.49. The van der Waals surface area contributed by atoms with Gasteiger partial charge in [0.1, 0.15) is 0 Å². The normalized spacial score (nSPS) is 10.8. The molecule has 106 valence electrons. The number of anilines is 1. The van der Waals surface area contributed by atoms with Crippen molar-refractivity contribution in [2.24, 2.45) is 0 Å². The largest absolute Gasteiger partial charge is 0.319 e. The van der Waals surface area contributed by atoms with Crippen molar-refractivity contribution in [2.75, 3.05) is 5.32 Å². The molecule has 0 spiro atoms. The van der Waals surface area contributed by atoms with E-state index < -0.39 is 0 Å². The van der Waals surface area contributed by atoms with E-state index in [1.807, 2.05) is 31.2 Å². The molecule has 0 aliphatic heterocycles. The Morgan fingerprint density at radius 2 is 2.19 bits per heavy atom. The third kappa shape index (κ3) is 2.67. The van der Waals surface area contributed by atoms with E-state index in [0.29, 0.717) is 11.4 Å². The summed E-state index contributed by atoms with van der Waals surface area (Å²) in [4.78, 5) is 16.6. The highest BCUT2D eigenvalue weighted by atomic mass is 79.9. The van der Waals surface area contributed by atoms with E-state index in [-0.39, 0.29) is 5.91 Å². The van der Waals surface area contributed by atoms with Gasteiger partial charge in [0.2, 0.25) is 0 Å². The lowest BCUT2D eigenvalue weighted by molar-refractivity contribution is 0.102. The number of hydrogen-bond acceptors (Lipinski definition) is 3. The van der Waals surface area contributed by atoms with Crippen molar-refractivity contribution in [3.05, 3.63) is 52.9 Å². The number of pyridine rings is 1. The lowest BCUT2D eigenvalue weighted by Crippen LogP contribution is -2.13. The summed E-state index contributed by atoms with van der Waals surface area (Å²) in [5.41, 5.74) is 1.81. The Balaban J connectivity index is 1.95. The molecule has 1 aromatic carbocycles. The average molecular weight is 345 g/mol. The van der Waals surface area contributed by atoms with Crippen LogP contribution in [0.3, 0.4) is 0 Å². The quantitative estimate of drug-likeness (QED) is 0.791. The standard InChI is InChI=1S/C15H13BrN4O/c1-2-20-9-7-13(19-20)15(21)18-12-6-5-11(16)10-4-3-8-17-14(10)12/h3-9H,2H2,1H3,(H,18,21). The Morgan fingerprint density at radius 1 is 1.33 bits per heavy atom. The van der Waals surface area contributed by atoms with Crippen LogP contribution in [0.25, 0.3) is 10.9 Å². The molecule has 0 saturated carbocycles. The molecular formula is C15H13BrN4O. The molecule has 1 amide bonds. The molecule has 0 fully saturated rings. The van der Waals surface area contributed by atoms with E-state index >= 15 is 0 Å². The number of benzene rings is 1. The first kappa shape index (κ1) is 13.8. The Labute approximate surface area is 130 Å². The van der Waals surface area contributed by atoms with Crippen molar-refractivity contribution < 1.29 is 4.79 Å². The molecule has 0 radical (unpaired) electrons. The van der Waals surface area contributed by atoms with Gasteiger partial charge in [-0.25, -0.2) is 0 Å². The molecule has 21 heavy (non-hydrogen) atoms. The fraction of sp³-hybridized carbons (Fsp3) is 0.133. The summed E-state index contributed by atoms with van der Waals surface area (Å²) < 4.78 is 2.66. The van der Waals surface area contributed by atoms with Crippen LogP contribution in [0.2, 0.25) is 0 Å². The first-order chi connectivity index (χ1) is 10.2. The number of hydrogen-bond donors (Lipinski definition) is 1. The summed E-state index contributed by atoms with van der Waals surface area (Å²) in [6, 6.07) is 9.24. The first-order valence-electron chi connectivity index (χ1n) is 6.57. The lowest BCUT2D eigenvalue weighted by atomic mass is 10.2. The molecule has 0 saturated heterocycles. The maximum Gasteiger partial charge on any atom is 0.276 e. The number of amides is 1. The van der Waals surface area contributed by atoms with Crippen molar-refractivity contribution >= 4 is 38.4 Å². The molecule has 0 bridgehead atoms. The molecule has 0 aliphatic rings. The van der Waals surface area contributed by atoms with E-state index in [1.54, 1.807) is 23.1 Å². The van der Waals surface area contributed by atoms with E-state index in [0.717, 1.165) is 21.9 Å². The molecule has 3 aromatic rings. The molecule has 6 heteroatoms. The zero-order valence-corrected chi connectivity index (χ0v) is 13.0. The van der Waals surface area contributed by atoms with Gasteiger partial charge in [-0.15, -0.1) is 0 Å². The monoisotopic (exact) mass is 344 g/mol. The Kier molecular flexibility index (Phi) is 3.70. The first-order valence-corrected chi connectivity index (χ1v) is 7.36. The number of aromatic nitrogens is 3. The van der Waals surface area contributed by atoms with E-state index in [4.69, 9.17) is 0 Å². The van der Waals surface area contributed by atoms with Gasteiger partial charge >= 0.3 is 0 Å². The molecule has 2 aromatic heterocycles. The molecule has 0 aliphatic carbocycles. The van der Waals surface area contributed by atoms with Crippen molar-refractivity contribution in [2.45, 2.75) is 13.5 Å². The Hall–Kier alpha value is -2.21. The highest BCUT2D eigenvalue weighted by Crippen LogP contribution is 2.28. The van der Waals surface area contributed by atoms with Crippen molar-refractivity contribution in [1.82, 2.24) is 14.8 Å². The van der Waals surface area contributed by atoms with Crippen LogP contribution in [0.1, 0.15) is 17.4 Å². The Morgan fingerprint density at radius 3 is 2.95 bits per heavy atom. The van der Waals surface area contributed by atoms with Crippen molar-refractivity contribution in [1.29, 1.82) is 0 Å². The maximum atomic E-state index is 12.2. The van der Waals surface area contributed by atoms with Gasteiger partial charge in [-0.05, 0) is 31.2 Å². The van der Waals surface area contributed by atoms with Crippen molar-refractivity contribution in [3.8, 4) is 0 Å². The lowest BCUT2D eigenvalue weighted by Gasteiger charge is -2.08. The smallest absolute Gasteiger partial charge is 0.276 e. The van der Waals surface area contributed by atoms with Gasteiger partial charge in [0.25, 0.3) is 5.91 Å². The predicted molar refractivity (Wildman–Crippen MR) is 85.3 cm³/mol. The number of rotatable bonds is 3. The van der Waals surface area contributed by atoms with E-state index in [2.05, 4.69) is 31.3 Å². The molecule has 1 N–H and O–H groups in total. The minimum atomic E-state index is -0.239. The van der Waals surface area contributed by atoms with E-state index in [1.165, 1.54) is 0 Å². The van der Waals surface area contributed by atoms with Gasteiger partial charge in [-0.1, -0.05) is 22.0 Å². The second kappa shape index (κ2) is 5.65. The third-order valence-corrected chi connectivity index (χ3v) is 3.85. The van der Waals surface area contributed by atoms with Crippen LogP contribution >= 0.6 is 15.9 Å². The van der Waals surface area contributed by atoms with Gasteiger partial charge in [-0.2, -0.15) is 5.10 Å².